The van der Waals surface area contributed by atoms with Crippen molar-refractivity contribution in [3.05, 3.63) is 11.9 Å². The zero-order valence-electron chi connectivity index (χ0n) is 11.9. The van der Waals surface area contributed by atoms with Crippen LogP contribution in [0.15, 0.2) is 6.33 Å². The van der Waals surface area contributed by atoms with Crippen LogP contribution in [0.25, 0.3) is 0 Å². The fraction of sp³-hybridized carbons (Fsp3) is 0.714. The van der Waals surface area contributed by atoms with E-state index in [4.69, 9.17) is 10.5 Å². The number of hydrogen-bond donors (Lipinski definition) is 2. The molecule has 1 aliphatic rings. The highest BCUT2D eigenvalue weighted by Crippen LogP contribution is 2.30. The van der Waals surface area contributed by atoms with Gasteiger partial charge in [-0.2, -0.15) is 0 Å². The summed E-state index contributed by atoms with van der Waals surface area (Å²) >= 11 is 0. The summed E-state index contributed by atoms with van der Waals surface area (Å²) in [6.45, 7) is 5.18. The van der Waals surface area contributed by atoms with Crippen molar-refractivity contribution in [2.24, 2.45) is 11.7 Å². The Morgan fingerprint density at radius 2 is 2.16 bits per heavy atom. The largest absolute Gasteiger partial charge is 0.478 e. The summed E-state index contributed by atoms with van der Waals surface area (Å²) in [5.41, 5.74) is 6.87. The van der Waals surface area contributed by atoms with Crippen LogP contribution in [0.3, 0.4) is 0 Å². The third-order valence-corrected chi connectivity index (χ3v) is 3.86. The Bertz CT molecular complexity index is 404. The minimum absolute atomic E-state index is 0.297. The summed E-state index contributed by atoms with van der Waals surface area (Å²) in [6.07, 6.45) is 6.70. The molecule has 1 unspecified atom stereocenters. The topological polar surface area (TPSA) is 73.1 Å². The molecule has 0 saturated heterocycles. The van der Waals surface area contributed by atoms with Gasteiger partial charge in [0.25, 0.3) is 0 Å². The predicted octanol–water partition coefficient (Wildman–Crippen LogP) is 2.11. The third kappa shape index (κ3) is 3.35. The van der Waals surface area contributed by atoms with Crippen LogP contribution in [0.1, 0.15) is 38.2 Å². The first-order chi connectivity index (χ1) is 9.26. The maximum Gasteiger partial charge on any atom is 0.221 e. The highest BCUT2D eigenvalue weighted by atomic mass is 16.5. The number of aromatic nitrogens is 2. The second-order valence-electron chi connectivity index (χ2n) is 5.12. The lowest BCUT2D eigenvalue weighted by Gasteiger charge is -2.24. The smallest absolute Gasteiger partial charge is 0.221 e. The standard InChI is InChI=1S/C14H24N4O/c1-3-19-14-10(2)13(16-9-17-14)18-12(8-15)11-6-4-5-7-11/h9,11-12H,3-8,15H2,1-2H3,(H,16,17,18). The number of nitrogens with one attached hydrogen (secondary N) is 1. The van der Waals surface area contributed by atoms with Crippen molar-refractivity contribution >= 4 is 5.82 Å². The molecule has 2 rings (SSSR count). The zero-order chi connectivity index (χ0) is 13.7. The fourth-order valence-electron chi connectivity index (χ4n) is 2.77. The Kier molecular flexibility index (Phi) is 4.96. The Balaban J connectivity index is 2.10. The van der Waals surface area contributed by atoms with E-state index in [0.717, 1.165) is 11.4 Å². The van der Waals surface area contributed by atoms with Gasteiger partial charge in [0.15, 0.2) is 0 Å². The predicted molar refractivity (Wildman–Crippen MR) is 76.4 cm³/mol. The number of anilines is 1. The molecule has 0 aliphatic heterocycles. The maximum atomic E-state index is 5.91. The Morgan fingerprint density at radius 1 is 1.42 bits per heavy atom. The van der Waals surface area contributed by atoms with Crippen molar-refractivity contribution in [1.29, 1.82) is 0 Å². The Morgan fingerprint density at radius 3 is 2.79 bits per heavy atom. The average Bonchev–Trinajstić information content (AvgIpc) is 2.94. The van der Waals surface area contributed by atoms with E-state index in [9.17, 15) is 0 Å². The van der Waals surface area contributed by atoms with Crippen molar-refractivity contribution in [3.8, 4) is 5.88 Å². The molecule has 5 heteroatoms. The van der Waals surface area contributed by atoms with Gasteiger partial charge in [-0.1, -0.05) is 12.8 Å². The second kappa shape index (κ2) is 6.70. The van der Waals surface area contributed by atoms with Crippen LogP contribution in [0.2, 0.25) is 0 Å². The fourth-order valence-corrected chi connectivity index (χ4v) is 2.77. The van der Waals surface area contributed by atoms with E-state index in [1.807, 2.05) is 13.8 Å². The van der Waals surface area contributed by atoms with Crippen molar-refractivity contribution < 1.29 is 4.74 Å². The number of rotatable bonds is 6. The molecular weight excluding hydrogens is 240 g/mol. The van der Waals surface area contributed by atoms with Crippen LogP contribution in [-0.2, 0) is 0 Å². The molecule has 106 valence electrons. The molecule has 0 radical (unpaired) electrons. The highest BCUT2D eigenvalue weighted by Gasteiger charge is 2.24. The molecule has 3 N–H and O–H groups in total. The number of nitrogens with two attached hydrogens (primary N) is 1. The van der Waals surface area contributed by atoms with Gasteiger partial charge in [-0.25, -0.2) is 9.97 Å². The van der Waals surface area contributed by atoms with E-state index >= 15 is 0 Å². The van der Waals surface area contributed by atoms with E-state index in [1.165, 1.54) is 25.7 Å². The van der Waals surface area contributed by atoms with Crippen molar-refractivity contribution in [2.75, 3.05) is 18.5 Å². The summed E-state index contributed by atoms with van der Waals surface area (Å²) in [7, 11) is 0. The first kappa shape index (κ1) is 14.1. The first-order valence-corrected chi connectivity index (χ1v) is 7.17. The summed E-state index contributed by atoms with van der Waals surface area (Å²) in [4.78, 5) is 8.48. The van der Waals surface area contributed by atoms with Gasteiger partial charge in [-0.15, -0.1) is 0 Å². The summed E-state index contributed by atoms with van der Waals surface area (Å²) in [5, 5.41) is 3.48. The van der Waals surface area contributed by atoms with Crippen LogP contribution in [0.5, 0.6) is 5.88 Å². The van der Waals surface area contributed by atoms with Crippen LogP contribution in [0.4, 0.5) is 5.82 Å². The van der Waals surface area contributed by atoms with Crippen LogP contribution < -0.4 is 15.8 Å². The Hall–Kier alpha value is -1.36. The van der Waals surface area contributed by atoms with Gasteiger partial charge < -0.3 is 15.8 Å². The normalized spacial score (nSPS) is 17.4. The van der Waals surface area contributed by atoms with E-state index < -0.39 is 0 Å². The summed E-state index contributed by atoms with van der Waals surface area (Å²) < 4.78 is 5.50. The molecule has 5 nitrogen and oxygen atoms in total. The van der Waals surface area contributed by atoms with Crippen LogP contribution >= 0.6 is 0 Å². The number of hydrogen-bond acceptors (Lipinski definition) is 5. The monoisotopic (exact) mass is 264 g/mol. The molecule has 0 spiro atoms. The minimum atomic E-state index is 0.297. The van der Waals surface area contributed by atoms with E-state index in [0.29, 0.717) is 31.0 Å². The van der Waals surface area contributed by atoms with E-state index in [2.05, 4.69) is 15.3 Å². The van der Waals surface area contributed by atoms with Gasteiger partial charge in [0.1, 0.15) is 12.1 Å². The summed E-state index contributed by atoms with van der Waals surface area (Å²) in [6, 6.07) is 0.297. The van der Waals surface area contributed by atoms with Gasteiger partial charge in [0, 0.05) is 12.6 Å². The lowest BCUT2D eigenvalue weighted by molar-refractivity contribution is 0.323. The molecule has 1 aromatic rings. The maximum absolute atomic E-state index is 5.91. The molecule has 1 fully saturated rings. The zero-order valence-corrected chi connectivity index (χ0v) is 11.9. The van der Waals surface area contributed by atoms with Crippen LogP contribution in [-0.4, -0.2) is 29.2 Å². The molecule has 1 aromatic heterocycles. The van der Waals surface area contributed by atoms with E-state index in [-0.39, 0.29) is 0 Å². The quantitative estimate of drug-likeness (QED) is 0.823. The molecule has 1 heterocycles. The minimum Gasteiger partial charge on any atom is -0.478 e. The molecule has 0 bridgehead atoms. The lowest BCUT2D eigenvalue weighted by Crippen LogP contribution is -2.35. The molecular formula is C14H24N4O. The lowest BCUT2D eigenvalue weighted by atomic mass is 9.98. The van der Waals surface area contributed by atoms with Crippen molar-refractivity contribution in [1.82, 2.24) is 9.97 Å². The molecule has 0 amide bonds. The van der Waals surface area contributed by atoms with Gasteiger partial charge in [-0.05, 0) is 32.6 Å². The summed E-state index contributed by atoms with van der Waals surface area (Å²) in [5.74, 6) is 2.16. The van der Waals surface area contributed by atoms with E-state index in [1.54, 1.807) is 6.33 Å². The Labute approximate surface area is 115 Å². The molecule has 19 heavy (non-hydrogen) atoms. The molecule has 1 atom stereocenters. The highest BCUT2D eigenvalue weighted by molar-refractivity contribution is 5.48. The molecule has 1 saturated carbocycles. The van der Waals surface area contributed by atoms with Crippen LogP contribution in [0, 0.1) is 12.8 Å². The first-order valence-electron chi connectivity index (χ1n) is 7.17. The third-order valence-electron chi connectivity index (χ3n) is 3.86. The van der Waals surface area contributed by atoms with Crippen molar-refractivity contribution in [2.45, 2.75) is 45.6 Å². The van der Waals surface area contributed by atoms with Gasteiger partial charge >= 0.3 is 0 Å². The number of nitrogens with zero attached hydrogens (tertiary/aromatic N) is 2. The molecule has 1 aliphatic carbocycles. The average molecular weight is 264 g/mol. The SMILES string of the molecule is CCOc1ncnc(NC(CN)C2CCCC2)c1C. The second-order valence-corrected chi connectivity index (χ2v) is 5.12. The molecule has 0 aromatic carbocycles. The number of ether oxygens (including phenoxy) is 1. The van der Waals surface area contributed by atoms with Gasteiger partial charge in [-0.3, -0.25) is 0 Å². The van der Waals surface area contributed by atoms with Gasteiger partial charge in [0.2, 0.25) is 5.88 Å². The van der Waals surface area contributed by atoms with Crippen molar-refractivity contribution in [3.63, 3.8) is 0 Å². The van der Waals surface area contributed by atoms with Gasteiger partial charge in [0.05, 0.1) is 12.2 Å².